The summed E-state index contributed by atoms with van der Waals surface area (Å²) in [6.45, 7) is 6.79. The van der Waals surface area contributed by atoms with Gasteiger partial charge in [0.2, 0.25) is 0 Å². The molecule has 1 aliphatic heterocycles. The Balaban J connectivity index is 1.65. The second-order valence-corrected chi connectivity index (χ2v) is 4.66. The van der Waals surface area contributed by atoms with Crippen LogP contribution in [0.4, 0.5) is 0 Å². The average Bonchev–Trinajstić information content (AvgIpc) is 2.83. The molecule has 2 N–H and O–H groups in total. The molecular formula is C12H22N4. The number of rotatable bonds is 5. The van der Waals surface area contributed by atoms with Crippen molar-refractivity contribution in [2.75, 3.05) is 19.6 Å². The Labute approximate surface area is 97.4 Å². The molecular weight excluding hydrogens is 200 g/mol. The molecule has 0 bridgehead atoms. The lowest BCUT2D eigenvalue weighted by Gasteiger charge is -2.32. The molecule has 2 heterocycles. The number of piperidine rings is 1. The normalized spacial score (nSPS) is 19.8. The van der Waals surface area contributed by atoms with Gasteiger partial charge in [-0.3, -0.25) is 10.00 Å². The Bertz CT molecular complexity index is 277. The zero-order chi connectivity index (χ0) is 11.2. The first-order valence-electron chi connectivity index (χ1n) is 6.29. The lowest BCUT2D eigenvalue weighted by molar-refractivity contribution is 0.170. The molecule has 0 radical (unpaired) electrons. The first-order valence-corrected chi connectivity index (χ1v) is 6.29. The van der Waals surface area contributed by atoms with Crippen molar-refractivity contribution >= 4 is 0 Å². The SMILES string of the molecule is CC(CNCc1ccn[nH]1)N1CCCCC1. The highest BCUT2D eigenvalue weighted by Gasteiger charge is 2.15. The monoisotopic (exact) mass is 222 g/mol. The van der Waals surface area contributed by atoms with E-state index in [1.807, 2.05) is 6.07 Å². The fourth-order valence-corrected chi connectivity index (χ4v) is 2.29. The predicted octanol–water partition coefficient (Wildman–Crippen LogP) is 1.37. The number of hydrogen-bond acceptors (Lipinski definition) is 3. The highest BCUT2D eigenvalue weighted by Crippen LogP contribution is 2.11. The summed E-state index contributed by atoms with van der Waals surface area (Å²) in [5.41, 5.74) is 1.16. The van der Waals surface area contributed by atoms with E-state index in [0.717, 1.165) is 18.8 Å². The van der Waals surface area contributed by atoms with E-state index in [2.05, 4.69) is 27.3 Å². The van der Waals surface area contributed by atoms with Crippen LogP contribution in [0.25, 0.3) is 0 Å². The van der Waals surface area contributed by atoms with E-state index in [0.29, 0.717) is 6.04 Å². The van der Waals surface area contributed by atoms with Crippen LogP contribution in [0.3, 0.4) is 0 Å². The summed E-state index contributed by atoms with van der Waals surface area (Å²) in [6.07, 6.45) is 5.94. The minimum Gasteiger partial charge on any atom is -0.310 e. The summed E-state index contributed by atoms with van der Waals surface area (Å²) in [7, 11) is 0. The molecule has 1 atom stereocenters. The Morgan fingerprint density at radius 2 is 2.25 bits per heavy atom. The number of nitrogens with zero attached hydrogens (tertiary/aromatic N) is 2. The molecule has 16 heavy (non-hydrogen) atoms. The van der Waals surface area contributed by atoms with Gasteiger partial charge < -0.3 is 5.32 Å². The summed E-state index contributed by atoms with van der Waals surface area (Å²) >= 11 is 0. The van der Waals surface area contributed by atoms with Crippen molar-refractivity contribution in [2.24, 2.45) is 0 Å². The van der Waals surface area contributed by atoms with Gasteiger partial charge in [0.1, 0.15) is 0 Å². The molecule has 1 aromatic heterocycles. The highest BCUT2D eigenvalue weighted by molar-refractivity contribution is 4.96. The first-order chi connectivity index (χ1) is 7.86. The average molecular weight is 222 g/mol. The summed E-state index contributed by atoms with van der Waals surface area (Å²) in [5.74, 6) is 0. The molecule has 0 spiro atoms. The summed E-state index contributed by atoms with van der Waals surface area (Å²) in [5, 5.41) is 10.4. The number of aromatic nitrogens is 2. The van der Waals surface area contributed by atoms with Crippen molar-refractivity contribution in [1.82, 2.24) is 20.4 Å². The summed E-state index contributed by atoms with van der Waals surface area (Å²) < 4.78 is 0. The molecule has 90 valence electrons. The van der Waals surface area contributed by atoms with Gasteiger partial charge in [0.25, 0.3) is 0 Å². The first kappa shape index (κ1) is 11.6. The number of nitrogens with one attached hydrogen (secondary N) is 2. The molecule has 1 fully saturated rings. The van der Waals surface area contributed by atoms with Crippen LogP contribution in [0.15, 0.2) is 12.3 Å². The van der Waals surface area contributed by atoms with Crippen molar-refractivity contribution in [1.29, 1.82) is 0 Å². The molecule has 1 unspecified atom stereocenters. The molecule has 0 saturated carbocycles. The standard InChI is InChI=1S/C12H22N4/c1-11(16-7-3-2-4-8-16)9-13-10-12-5-6-14-15-12/h5-6,11,13H,2-4,7-10H2,1H3,(H,14,15). The van der Waals surface area contributed by atoms with Gasteiger partial charge in [0.15, 0.2) is 0 Å². The summed E-state index contributed by atoms with van der Waals surface area (Å²) in [4.78, 5) is 2.59. The zero-order valence-electron chi connectivity index (χ0n) is 10.1. The maximum atomic E-state index is 3.93. The van der Waals surface area contributed by atoms with Crippen molar-refractivity contribution in [2.45, 2.75) is 38.8 Å². The highest BCUT2D eigenvalue weighted by atomic mass is 15.2. The van der Waals surface area contributed by atoms with Gasteiger partial charge >= 0.3 is 0 Å². The van der Waals surface area contributed by atoms with Crippen molar-refractivity contribution < 1.29 is 0 Å². The smallest absolute Gasteiger partial charge is 0.0490 e. The van der Waals surface area contributed by atoms with Gasteiger partial charge in [-0.25, -0.2) is 0 Å². The number of aromatic amines is 1. The Hall–Kier alpha value is -0.870. The van der Waals surface area contributed by atoms with E-state index >= 15 is 0 Å². The Morgan fingerprint density at radius 1 is 1.44 bits per heavy atom. The van der Waals surface area contributed by atoms with E-state index in [9.17, 15) is 0 Å². The van der Waals surface area contributed by atoms with Gasteiger partial charge in [0.05, 0.1) is 0 Å². The number of likely N-dealkylation sites (tertiary alicyclic amines) is 1. The topological polar surface area (TPSA) is 44.0 Å². The molecule has 4 heteroatoms. The van der Waals surface area contributed by atoms with Crippen LogP contribution in [-0.4, -0.2) is 40.8 Å². The Morgan fingerprint density at radius 3 is 2.94 bits per heavy atom. The van der Waals surface area contributed by atoms with Crippen LogP contribution in [0.2, 0.25) is 0 Å². The fraction of sp³-hybridized carbons (Fsp3) is 0.750. The maximum Gasteiger partial charge on any atom is 0.0490 e. The molecule has 4 nitrogen and oxygen atoms in total. The van der Waals surface area contributed by atoms with Gasteiger partial charge in [-0.05, 0) is 38.9 Å². The molecule has 1 saturated heterocycles. The third-order valence-corrected chi connectivity index (χ3v) is 3.33. The third kappa shape index (κ3) is 3.32. The van der Waals surface area contributed by atoms with Crippen LogP contribution in [0.1, 0.15) is 31.9 Å². The largest absolute Gasteiger partial charge is 0.310 e. The second kappa shape index (κ2) is 6.01. The summed E-state index contributed by atoms with van der Waals surface area (Å²) in [6, 6.07) is 2.65. The van der Waals surface area contributed by atoms with Crippen LogP contribution in [0.5, 0.6) is 0 Å². The second-order valence-electron chi connectivity index (χ2n) is 4.66. The maximum absolute atomic E-state index is 3.93. The molecule has 1 aliphatic rings. The molecule has 2 rings (SSSR count). The minimum atomic E-state index is 0.642. The van der Waals surface area contributed by atoms with E-state index < -0.39 is 0 Å². The van der Waals surface area contributed by atoms with E-state index in [-0.39, 0.29) is 0 Å². The van der Waals surface area contributed by atoms with Crippen LogP contribution >= 0.6 is 0 Å². The number of H-pyrrole nitrogens is 1. The lowest BCUT2D eigenvalue weighted by Crippen LogP contribution is -2.42. The molecule has 0 aromatic carbocycles. The predicted molar refractivity (Wildman–Crippen MR) is 65.2 cm³/mol. The molecule has 1 aromatic rings. The third-order valence-electron chi connectivity index (χ3n) is 3.33. The van der Waals surface area contributed by atoms with E-state index in [1.54, 1.807) is 6.20 Å². The Kier molecular flexibility index (Phi) is 4.36. The van der Waals surface area contributed by atoms with Gasteiger partial charge in [0, 0.05) is 31.0 Å². The lowest BCUT2D eigenvalue weighted by atomic mass is 10.1. The van der Waals surface area contributed by atoms with E-state index in [1.165, 1.54) is 32.4 Å². The zero-order valence-corrected chi connectivity index (χ0v) is 10.1. The van der Waals surface area contributed by atoms with Crippen molar-refractivity contribution in [3.05, 3.63) is 18.0 Å². The molecule has 0 aliphatic carbocycles. The van der Waals surface area contributed by atoms with Crippen molar-refractivity contribution in [3.63, 3.8) is 0 Å². The van der Waals surface area contributed by atoms with Crippen molar-refractivity contribution in [3.8, 4) is 0 Å². The molecule has 0 amide bonds. The van der Waals surface area contributed by atoms with E-state index in [4.69, 9.17) is 0 Å². The minimum absolute atomic E-state index is 0.642. The van der Waals surface area contributed by atoms with Gasteiger partial charge in [-0.1, -0.05) is 6.42 Å². The van der Waals surface area contributed by atoms with Gasteiger partial charge in [-0.15, -0.1) is 0 Å². The van der Waals surface area contributed by atoms with Gasteiger partial charge in [-0.2, -0.15) is 5.10 Å². The number of hydrogen-bond donors (Lipinski definition) is 2. The quantitative estimate of drug-likeness (QED) is 0.791. The van der Waals surface area contributed by atoms with Crippen LogP contribution in [0, 0.1) is 0 Å². The van der Waals surface area contributed by atoms with Crippen LogP contribution in [-0.2, 0) is 6.54 Å². The van der Waals surface area contributed by atoms with Crippen LogP contribution < -0.4 is 5.32 Å². The fourth-order valence-electron chi connectivity index (χ4n) is 2.29.